The molecule has 0 spiro atoms. The van der Waals surface area contributed by atoms with Crippen molar-refractivity contribution in [1.29, 1.82) is 0 Å². The molecule has 27 heavy (non-hydrogen) atoms. The van der Waals surface area contributed by atoms with Gasteiger partial charge >= 0.3 is 5.97 Å². The van der Waals surface area contributed by atoms with Crippen molar-refractivity contribution < 1.29 is 14.7 Å². The fourth-order valence-corrected chi connectivity index (χ4v) is 3.29. The summed E-state index contributed by atoms with van der Waals surface area (Å²) in [4.78, 5) is 28.5. The summed E-state index contributed by atoms with van der Waals surface area (Å²) in [6.45, 7) is 1.50. The van der Waals surface area contributed by atoms with Gasteiger partial charge in [-0.1, -0.05) is 46.3 Å². The number of benzene rings is 2. The minimum absolute atomic E-state index is 0.195. The SMILES string of the molecule is CC(NC(=O)CCc1cccc2cnccc12)(C(=O)O)c1ccc(Br)cc1. The van der Waals surface area contributed by atoms with Crippen LogP contribution in [0.2, 0.25) is 0 Å². The molecule has 0 aliphatic rings. The topological polar surface area (TPSA) is 79.3 Å². The molecule has 5 nitrogen and oxygen atoms in total. The molecule has 0 radical (unpaired) electrons. The number of aliphatic carboxylic acids is 1. The van der Waals surface area contributed by atoms with E-state index in [0.29, 0.717) is 12.0 Å². The number of hydrogen-bond acceptors (Lipinski definition) is 3. The summed E-state index contributed by atoms with van der Waals surface area (Å²) in [5.41, 5.74) is 0.0639. The van der Waals surface area contributed by atoms with Gasteiger partial charge in [0.05, 0.1) is 0 Å². The molecule has 3 rings (SSSR count). The van der Waals surface area contributed by atoms with E-state index in [9.17, 15) is 14.7 Å². The molecule has 2 N–H and O–H groups in total. The number of carbonyl (C=O) groups excluding carboxylic acids is 1. The van der Waals surface area contributed by atoms with Crippen LogP contribution < -0.4 is 5.32 Å². The molecule has 0 aliphatic heterocycles. The van der Waals surface area contributed by atoms with Crippen LogP contribution in [0.5, 0.6) is 0 Å². The predicted octanol–water partition coefficient (Wildman–Crippen LogP) is 4.05. The van der Waals surface area contributed by atoms with Crippen LogP contribution in [0.15, 0.2) is 65.4 Å². The van der Waals surface area contributed by atoms with E-state index in [1.807, 2.05) is 24.3 Å². The first kappa shape index (κ1) is 19.0. The number of amides is 1. The van der Waals surface area contributed by atoms with E-state index < -0.39 is 11.5 Å². The second-order valence-corrected chi connectivity index (χ2v) is 7.41. The highest BCUT2D eigenvalue weighted by Crippen LogP contribution is 2.24. The monoisotopic (exact) mass is 426 g/mol. The summed E-state index contributed by atoms with van der Waals surface area (Å²) in [5.74, 6) is -1.41. The van der Waals surface area contributed by atoms with Crippen molar-refractivity contribution in [2.24, 2.45) is 0 Å². The minimum atomic E-state index is -1.49. The van der Waals surface area contributed by atoms with Crippen molar-refractivity contribution in [3.05, 3.63) is 76.5 Å². The van der Waals surface area contributed by atoms with Crippen LogP contribution in [0.25, 0.3) is 10.8 Å². The maximum Gasteiger partial charge on any atom is 0.333 e. The number of aryl methyl sites for hydroxylation is 1. The van der Waals surface area contributed by atoms with E-state index in [1.54, 1.807) is 36.7 Å². The molecular formula is C21H19BrN2O3. The first-order valence-electron chi connectivity index (χ1n) is 8.52. The zero-order valence-corrected chi connectivity index (χ0v) is 16.4. The fourth-order valence-electron chi connectivity index (χ4n) is 3.03. The molecule has 2 aromatic carbocycles. The molecule has 3 aromatic rings. The quantitative estimate of drug-likeness (QED) is 0.622. The largest absolute Gasteiger partial charge is 0.479 e. The van der Waals surface area contributed by atoms with Crippen molar-refractivity contribution >= 4 is 38.6 Å². The molecule has 0 saturated carbocycles. The maximum absolute atomic E-state index is 12.5. The van der Waals surface area contributed by atoms with Gasteiger partial charge in [0.25, 0.3) is 0 Å². The summed E-state index contributed by atoms with van der Waals surface area (Å²) < 4.78 is 0.843. The number of nitrogens with zero attached hydrogens (tertiary/aromatic N) is 1. The highest BCUT2D eigenvalue weighted by molar-refractivity contribution is 9.10. The van der Waals surface area contributed by atoms with Gasteiger partial charge in [-0.05, 0) is 48.1 Å². The van der Waals surface area contributed by atoms with Gasteiger partial charge < -0.3 is 10.4 Å². The number of pyridine rings is 1. The summed E-state index contributed by atoms with van der Waals surface area (Å²) in [6.07, 6.45) is 4.22. The Labute approximate surface area is 165 Å². The third-order valence-electron chi connectivity index (χ3n) is 4.63. The lowest BCUT2D eigenvalue weighted by Gasteiger charge is -2.27. The van der Waals surface area contributed by atoms with E-state index in [0.717, 1.165) is 20.8 Å². The van der Waals surface area contributed by atoms with Crippen LogP contribution >= 0.6 is 15.9 Å². The van der Waals surface area contributed by atoms with Gasteiger partial charge in [0, 0.05) is 28.7 Å². The zero-order valence-electron chi connectivity index (χ0n) is 14.8. The predicted molar refractivity (Wildman–Crippen MR) is 107 cm³/mol. The second kappa shape index (κ2) is 7.88. The molecule has 1 unspecified atom stereocenters. The van der Waals surface area contributed by atoms with Gasteiger partial charge in [-0.3, -0.25) is 9.78 Å². The van der Waals surface area contributed by atoms with Crippen LogP contribution in [0.1, 0.15) is 24.5 Å². The van der Waals surface area contributed by atoms with E-state index in [-0.39, 0.29) is 12.3 Å². The Kier molecular flexibility index (Phi) is 5.56. The zero-order chi connectivity index (χ0) is 19.4. The van der Waals surface area contributed by atoms with Crippen molar-refractivity contribution in [3.8, 4) is 0 Å². The molecule has 1 amide bonds. The Hall–Kier alpha value is -2.73. The molecule has 0 saturated heterocycles. The Morgan fingerprint density at radius 1 is 1.15 bits per heavy atom. The number of nitrogens with one attached hydrogen (secondary N) is 1. The molecule has 0 aliphatic carbocycles. The highest BCUT2D eigenvalue weighted by atomic mass is 79.9. The molecule has 1 atom stereocenters. The normalized spacial score (nSPS) is 13.1. The number of carboxylic acids is 1. The van der Waals surface area contributed by atoms with Gasteiger partial charge in [-0.15, -0.1) is 0 Å². The van der Waals surface area contributed by atoms with Crippen LogP contribution in [0.4, 0.5) is 0 Å². The molecule has 138 valence electrons. The third-order valence-corrected chi connectivity index (χ3v) is 5.16. The van der Waals surface area contributed by atoms with Gasteiger partial charge in [0.2, 0.25) is 5.91 Å². The second-order valence-electron chi connectivity index (χ2n) is 6.50. The van der Waals surface area contributed by atoms with Crippen LogP contribution in [0, 0.1) is 0 Å². The molecule has 6 heteroatoms. The number of carbonyl (C=O) groups is 2. The molecule has 0 bridgehead atoms. The maximum atomic E-state index is 12.5. The van der Waals surface area contributed by atoms with Crippen molar-refractivity contribution in [1.82, 2.24) is 10.3 Å². The molecule has 1 aromatic heterocycles. The third kappa shape index (κ3) is 4.17. The van der Waals surface area contributed by atoms with Gasteiger partial charge in [-0.25, -0.2) is 4.79 Å². The fraction of sp³-hybridized carbons (Fsp3) is 0.190. The van der Waals surface area contributed by atoms with Gasteiger partial charge in [0.1, 0.15) is 0 Å². The highest BCUT2D eigenvalue weighted by Gasteiger charge is 2.36. The number of rotatable bonds is 6. The van der Waals surface area contributed by atoms with E-state index >= 15 is 0 Å². The van der Waals surface area contributed by atoms with Crippen molar-refractivity contribution in [2.45, 2.75) is 25.3 Å². The number of aromatic nitrogens is 1. The summed E-state index contributed by atoms with van der Waals surface area (Å²) in [6, 6.07) is 14.7. The van der Waals surface area contributed by atoms with Gasteiger partial charge in [-0.2, -0.15) is 0 Å². The lowest BCUT2D eigenvalue weighted by atomic mass is 9.91. The molecule has 0 fully saturated rings. The summed E-state index contributed by atoms with van der Waals surface area (Å²) in [5, 5.41) is 14.4. The number of halogens is 1. The number of fused-ring (bicyclic) bond motifs is 1. The average Bonchev–Trinajstić information content (AvgIpc) is 2.66. The van der Waals surface area contributed by atoms with Crippen molar-refractivity contribution in [2.75, 3.05) is 0 Å². The van der Waals surface area contributed by atoms with Crippen LogP contribution in [-0.4, -0.2) is 22.0 Å². The smallest absolute Gasteiger partial charge is 0.333 e. The first-order valence-corrected chi connectivity index (χ1v) is 9.31. The van der Waals surface area contributed by atoms with E-state index in [2.05, 4.69) is 26.2 Å². The Morgan fingerprint density at radius 2 is 1.89 bits per heavy atom. The van der Waals surface area contributed by atoms with Crippen LogP contribution in [-0.2, 0) is 21.5 Å². The Bertz CT molecular complexity index is 983. The van der Waals surface area contributed by atoms with E-state index in [1.165, 1.54) is 6.92 Å². The Balaban J connectivity index is 1.75. The standard InChI is InChI=1S/C21H19BrN2O3/c1-21(20(26)27,16-6-8-17(22)9-7-16)24-19(25)10-5-14-3-2-4-15-13-23-12-11-18(14)15/h2-4,6-9,11-13H,5,10H2,1H3,(H,24,25)(H,26,27). The number of carboxylic acid groups (broad SMARTS) is 1. The first-order chi connectivity index (χ1) is 12.9. The minimum Gasteiger partial charge on any atom is -0.479 e. The summed E-state index contributed by atoms with van der Waals surface area (Å²) >= 11 is 3.33. The van der Waals surface area contributed by atoms with Crippen LogP contribution in [0.3, 0.4) is 0 Å². The van der Waals surface area contributed by atoms with Gasteiger partial charge in [0.15, 0.2) is 5.54 Å². The average molecular weight is 427 g/mol. The van der Waals surface area contributed by atoms with Crippen molar-refractivity contribution in [3.63, 3.8) is 0 Å². The van der Waals surface area contributed by atoms with E-state index in [4.69, 9.17) is 0 Å². The molecular weight excluding hydrogens is 408 g/mol. The Morgan fingerprint density at radius 3 is 2.59 bits per heavy atom. The number of hydrogen-bond donors (Lipinski definition) is 2. The lowest BCUT2D eigenvalue weighted by molar-refractivity contribution is -0.147. The molecule has 1 heterocycles. The lowest BCUT2D eigenvalue weighted by Crippen LogP contribution is -2.49. The summed E-state index contributed by atoms with van der Waals surface area (Å²) in [7, 11) is 0.